The number of carbonyl (C=O) groups is 2. The largest absolute Gasteiger partial charge is 0.490 e. The summed E-state index contributed by atoms with van der Waals surface area (Å²) in [6.07, 6.45) is 0. The second-order valence-electron chi connectivity index (χ2n) is 12.1. The van der Waals surface area contributed by atoms with Gasteiger partial charge in [-0.2, -0.15) is 0 Å². The van der Waals surface area contributed by atoms with Crippen LogP contribution < -0.4 is 28.4 Å². The highest BCUT2D eigenvalue weighted by Crippen LogP contribution is 2.31. The van der Waals surface area contributed by atoms with Crippen LogP contribution in [0.4, 0.5) is 11.4 Å². The number of halogens is 2. The van der Waals surface area contributed by atoms with Gasteiger partial charge in [-0.3, -0.25) is 9.44 Å². The standard InChI is InChI=1S/C21H17Cl2NO6S.C21H19NO6S/c22-15-7-10-17(23)20(13-15)31(27,28)24-18-3-1-2-4-19(18)30-12-11-29-16-8-5-14(6-9-16)21(25)26;23-21(24)16-10-12-17(13-11-16)27-14-15-28-20-9-5-4-8-19(20)22-29(25,26)18-6-2-1-3-7-18/h1-10,13,24H,11-12H2,(H,25,26);1-13,22H,14-15H2,(H,23,24). The molecule has 0 amide bonds. The van der Waals surface area contributed by atoms with Crippen molar-refractivity contribution < 1.29 is 55.6 Å². The van der Waals surface area contributed by atoms with E-state index in [2.05, 4.69) is 9.44 Å². The summed E-state index contributed by atoms with van der Waals surface area (Å²) in [7, 11) is -7.73. The van der Waals surface area contributed by atoms with Crippen molar-refractivity contribution in [3.63, 3.8) is 0 Å². The summed E-state index contributed by atoms with van der Waals surface area (Å²) in [6, 6.07) is 37.4. The van der Waals surface area contributed by atoms with Crippen LogP contribution in [-0.4, -0.2) is 65.4 Å². The summed E-state index contributed by atoms with van der Waals surface area (Å²) in [5.41, 5.74) is 0.879. The van der Waals surface area contributed by atoms with E-state index < -0.39 is 32.0 Å². The second kappa shape index (κ2) is 21.0. The molecule has 0 atom stereocenters. The zero-order valence-electron chi connectivity index (χ0n) is 31.2. The minimum Gasteiger partial charge on any atom is -0.490 e. The molecule has 6 aromatic carbocycles. The van der Waals surface area contributed by atoms with Crippen LogP contribution in [0.3, 0.4) is 0 Å². The molecular formula is C42H36Cl2N2O12S2. The molecule has 0 radical (unpaired) electrons. The van der Waals surface area contributed by atoms with E-state index in [4.69, 9.17) is 52.4 Å². The molecule has 0 saturated carbocycles. The topological polar surface area (TPSA) is 204 Å². The Morgan fingerprint density at radius 2 is 0.917 bits per heavy atom. The lowest BCUT2D eigenvalue weighted by Crippen LogP contribution is -2.15. The molecule has 14 nitrogen and oxygen atoms in total. The Kier molecular flexibility index (Phi) is 15.6. The molecule has 0 bridgehead atoms. The van der Waals surface area contributed by atoms with Gasteiger partial charge in [-0.25, -0.2) is 26.4 Å². The van der Waals surface area contributed by atoms with E-state index >= 15 is 0 Å². The first-order valence-electron chi connectivity index (χ1n) is 17.6. The number of rotatable bonds is 18. The van der Waals surface area contributed by atoms with Gasteiger partial charge in [-0.05, 0) is 103 Å². The quantitative estimate of drug-likeness (QED) is 0.0599. The van der Waals surface area contributed by atoms with Gasteiger partial charge in [0.05, 0.1) is 32.4 Å². The van der Waals surface area contributed by atoms with Crippen molar-refractivity contribution in [2.75, 3.05) is 35.9 Å². The lowest BCUT2D eigenvalue weighted by molar-refractivity contribution is 0.0686. The number of carboxylic acids is 2. The maximum atomic E-state index is 12.7. The predicted molar refractivity (Wildman–Crippen MR) is 226 cm³/mol. The number of benzene rings is 6. The highest BCUT2D eigenvalue weighted by molar-refractivity contribution is 7.93. The zero-order valence-corrected chi connectivity index (χ0v) is 34.4. The van der Waals surface area contributed by atoms with Gasteiger partial charge in [-0.15, -0.1) is 0 Å². The fourth-order valence-electron chi connectivity index (χ4n) is 5.05. The molecule has 18 heteroatoms. The molecule has 0 fully saturated rings. The van der Waals surface area contributed by atoms with Crippen LogP contribution >= 0.6 is 23.2 Å². The summed E-state index contributed by atoms with van der Waals surface area (Å²) >= 11 is 11.9. The van der Waals surface area contributed by atoms with E-state index in [1.54, 1.807) is 91.0 Å². The number of anilines is 2. The van der Waals surface area contributed by atoms with Gasteiger partial charge in [-0.1, -0.05) is 65.7 Å². The maximum Gasteiger partial charge on any atom is 0.335 e. The molecule has 6 rings (SSSR count). The van der Waals surface area contributed by atoms with Gasteiger partial charge < -0.3 is 29.2 Å². The molecule has 0 heterocycles. The number of para-hydroxylation sites is 4. The van der Waals surface area contributed by atoms with Crippen molar-refractivity contribution in [2.45, 2.75) is 9.79 Å². The molecule has 60 heavy (non-hydrogen) atoms. The Morgan fingerprint density at radius 3 is 1.38 bits per heavy atom. The van der Waals surface area contributed by atoms with Gasteiger partial charge in [0.1, 0.15) is 54.3 Å². The second-order valence-corrected chi connectivity index (χ2v) is 16.3. The third-order valence-corrected chi connectivity index (χ3v) is 11.4. The molecule has 0 aliphatic heterocycles. The first kappa shape index (κ1) is 44.6. The molecule has 6 aromatic rings. The third kappa shape index (κ3) is 13.0. The smallest absolute Gasteiger partial charge is 0.335 e. The number of sulfonamides is 2. The lowest BCUT2D eigenvalue weighted by Gasteiger charge is -2.14. The van der Waals surface area contributed by atoms with E-state index in [0.29, 0.717) is 28.7 Å². The van der Waals surface area contributed by atoms with E-state index in [-0.39, 0.29) is 63.1 Å². The first-order chi connectivity index (χ1) is 28.7. The SMILES string of the molecule is O=C(O)c1ccc(OCCOc2ccccc2NS(=O)(=O)c2cc(Cl)ccc2Cl)cc1.O=C(O)c1ccc(OCCOc2ccccc2NS(=O)(=O)c2ccccc2)cc1. The Bertz CT molecular complexity index is 2620. The number of carboxylic acid groups (broad SMARTS) is 2. The highest BCUT2D eigenvalue weighted by Gasteiger charge is 2.21. The summed E-state index contributed by atoms with van der Waals surface area (Å²) in [5, 5.41) is 18.1. The normalized spacial score (nSPS) is 11.0. The molecule has 0 aliphatic carbocycles. The van der Waals surface area contributed by atoms with Crippen molar-refractivity contribution in [2.24, 2.45) is 0 Å². The monoisotopic (exact) mass is 894 g/mol. The van der Waals surface area contributed by atoms with Crippen LogP contribution in [0, 0.1) is 0 Å². The van der Waals surface area contributed by atoms with Crippen molar-refractivity contribution >= 4 is 66.6 Å². The number of nitrogens with one attached hydrogen (secondary N) is 2. The van der Waals surface area contributed by atoms with Gasteiger partial charge in [0, 0.05) is 5.02 Å². The average Bonchev–Trinajstić information content (AvgIpc) is 3.23. The summed E-state index contributed by atoms with van der Waals surface area (Å²) in [6.45, 7) is 0.655. The average molecular weight is 896 g/mol. The van der Waals surface area contributed by atoms with Crippen LogP contribution in [0.25, 0.3) is 0 Å². The minimum absolute atomic E-state index is 0.0395. The predicted octanol–water partition coefficient (Wildman–Crippen LogP) is 8.59. The Morgan fingerprint density at radius 1 is 0.500 bits per heavy atom. The molecule has 312 valence electrons. The minimum atomic E-state index is -4.00. The summed E-state index contributed by atoms with van der Waals surface area (Å²) in [4.78, 5) is 21.7. The fraction of sp³-hybridized carbons (Fsp3) is 0.0952. The molecule has 4 N–H and O–H groups in total. The fourth-order valence-corrected chi connectivity index (χ4v) is 7.98. The van der Waals surface area contributed by atoms with Crippen molar-refractivity contribution in [3.05, 3.63) is 167 Å². The van der Waals surface area contributed by atoms with Gasteiger partial charge >= 0.3 is 11.9 Å². The van der Waals surface area contributed by atoms with E-state index in [9.17, 15) is 26.4 Å². The number of hydrogen-bond donors (Lipinski definition) is 4. The first-order valence-corrected chi connectivity index (χ1v) is 21.4. The van der Waals surface area contributed by atoms with Gasteiger partial charge in [0.25, 0.3) is 20.0 Å². The van der Waals surface area contributed by atoms with E-state index in [1.807, 2.05) is 0 Å². The van der Waals surface area contributed by atoms with E-state index in [0.717, 1.165) is 0 Å². The molecule has 0 saturated heterocycles. The summed E-state index contributed by atoms with van der Waals surface area (Å²) < 4.78 is 77.8. The van der Waals surface area contributed by atoms with Gasteiger partial charge in [0.15, 0.2) is 0 Å². The van der Waals surface area contributed by atoms with E-state index in [1.165, 1.54) is 54.6 Å². The molecule has 0 unspecified atom stereocenters. The lowest BCUT2D eigenvalue weighted by atomic mass is 10.2. The van der Waals surface area contributed by atoms with Crippen LogP contribution in [0.1, 0.15) is 20.7 Å². The Hall–Kier alpha value is -6.46. The van der Waals surface area contributed by atoms with Gasteiger partial charge in [0.2, 0.25) is 0 Å². The Labute approximate surface area is 356 Å². The summed E-state index contributed by atoms with van der Waals surface area (Å²) in [5.74, 6) is -0.358. The van der Waals surface area contributed by atoms with Crippen LogP contribution in [-0.2, 0) is 20.0 Å². The molecule has 0 aliphatic rings. The van der Waals surface area contributed by atoms with Crippen molar-refractivity contribution in [1.82, 2.24) is 0 Å². The molecule has 0 aromatic heterocycles. The molecular weight excluding hydrogens is 860 g/mol. The number of aromatic carboxylic acids is 2. The Balaban J connectivity index is 0.000000228. The molecule has 0 spiro atoms. The van der Waals surface area contributed by atoms with Crippen LogP contribution in [0.15, 0.2) is 155 Å². The zero-order chi connectivity index (χ0) is 43.1. The maximum absolute atomic E-state index is 12.7. The highest BCUT2D eigenvalue weighted by atomic mass is 35.5. The number of ether oxygens (including phenoxy) is 4. The van der Waals surface area contributed by atoms with Crippen molar-refractivity contribution in [1.29, 1.82) is 0 Å². The van der Waals surface area contributed by atoms with Crippen LogP contribution in [0.2, 0.25) is 10.0 Å². The van der Waals surface area contributed by atoms with Crippen LogP contribution in [0.5, 0.6) is 23.0 Å². The third-order valence-electron chi connectivity index (χ3n) is 7.92. The number of hydrogen-bond acceptors (Lipinski definition) is 10. The van der Waals surface area contributed by atoms with Crippen molar-refractivity contribution in [3.8, 4) is 23.0 Å².